The molecule has 0 aromatic rings. The van der Waals surface area contributed by atoms with Gasteiger partial charge < -0.3 is 5.11 Å². The van der Waals surface area contributed by atoms with Crippen LogP contribution in [0.25, 0.3) is 0 Å². The van der Waals surface area contributed by atoms with Crippen LogP contribution in [0.1, 0.15) is 113 Å². The van der Waals surface area contributed by atoms with Crippen LogP contribution in [0.3, 0.4) is 0 Å². The van der Waals surface area contributed by atoms with Gasteiger partial charge in [-0.1, -0.05) is 53.2 Å². The van der Waals surface area contributed by atoms with Crippen LogP contribution in [0.4, 0.5) is 0 Å². The molecule has 4 fully saturated rings. The van der Waals surface area contributed by atoms with E-state index in [0.717, 1.165) is 44.9 Å². The summed E-state index contributed by atoms with van der Waals surface area (Å²) < 4.78 is 0. The van der Waals surface area contributed by atoms with E-state index in [1.807, 2.05) is 6.92 Å². The second-order valence-corrected chi connectivity index (χ2v) is 14.7. The lowest BCUT2D eigenvalue weighted by Gasteiger charge is -2.70. The molecule has 0 bridgehead atoms. The molecule has 5 rings (SSSR count). The van der Waals surface area contributed by atoms with Crippen molar-refractivity contribution in [2.24, 2.45) is 50.2 Å². The fourth-order valence-corrected chi connectivity index (χ4v) is 10.3. The van der Waals surface area contributed by atoms with Gasteiger partial charge in [-0.2, -0.15) is 0 Å². The van der Waals surface area contributed by atoms with Gasteiger partial charge in [-0.25, -0.2) is 0 Å². The topological polar surface area (TPSA) is 54.4 Å². The molecule has 0 heterocycles. The highest BCUT2D eigenvalue weighted by atomic mass is 16.4. The summed E-state index contributed by atoms with van der Waals surface area (Å²) in [4.78, 5) is 25.1. The number of hydrogen-bond acceptors (Lipinski definition) is 2. The molecule has 0 radical (unpaired) electrons. The maximum absolute atomic E-state index is 12.9. The van der Waals surface area contributed by atoms with Crippen LogP contribution in [-0.2, 0) is 9.59 Å². The Morgan fingerprint density at radius 2 is 1.58 bits per heavy atom. The van der Waals surface area contributed by atoms with Gasteiger partial charge in [0.15, 0.2) is 0 Å². The van der Waals surface area contributed by atoms with Crippen LogP contribution in [0, 0.1) is 50.2 Å². The number of ketones is 1. The third-order valence-corrected chi connectivity index (χ3v) is 13.1. The number of carboxylic acid groups (broad SMARTS) is 1. The average Bonchev–Trinajstić information content (AvgIpc) is 2.73. The Labute approximate surface area is 201 Å². The van der Waals surface area contributed by atoms with Crippen molar-refractivity contribution in [3.63, 3.8) is 0 Å². The molecular weight excluding hydrogens is 408 g/mol. The number of hydrogen-bond donors (Lipinski definition) is 1. The summed E-state index contributed by atoms with van der Waals surface area (Å²) in [5, 5.41) is 10.1. The van der Waals surface area contributed by atoms with E-state index in [-0.39, 0.29) is 27.1 Å². The number of carbonyl (C=O) groups is 2. The third kappa shape index (κ3) is 2.80. The Balaban J connectivity index is 1.58. The molecule has 4 saturated carbocycles. The first-order valence-electron chi connectivity index (χ1n) is 13.6. The van der Waals surface area contributed by atoms with Gasteiger partial charge in [0.05, 0.1) is 5.41 Å². The van der Waals surface area contributed by atoms with E-state index in [2.05, 4.69) is 47.6 Å². The molecule has 33 heavy (non-hydrogen) atoms. The molecule has 1 N–H and O–H groups in total. The Morgan fingerprint density at radius 1 is 0.909 bits per heavy atom. The first kappa shape index (κ1) is 23.6. The van der Waals surface area contributed by atoms with Crippen molar-refractivity contribution in [2.45, 2.75) is 113 Å². The lowest BCUT2D eigenvalue weighted by atomic mass is 9.33. The average molecular weight is 455 g/mol. The van der Waals surface area contributed by atoms with Gasteiger partial charge in [0.25, 0.3) is 0 Å². The summed E-state index contributed by atoms with van der Waals surface area (Å²) in [6, 6.07) is 0. The smallest absolute Gasteiger partial charge is 0.309 e. The zero-order chi connectivity index (χ0) is 24.2. The van der Waals surface area contributed by atoms with Crippen molar-refractivity contribution < 1.29 is 14.7 Å². The molecule has 0 aromatic heterocycles. The van der Waals surface area contributed by atoms with Gasteiger partial charge >= 0.3 is 5.97 Å². The molecule has 5 aliphatic carbocycles. The highest BCUT2D eigenvalue weighted by molar-refractivity contribution is 5.85. The first-order chi connectivity index (χ1) is 15.1. The van der Waals surface area contributed by atoms with Gasteiger partial charge in [-0.15, -0.1) is 0 Å². The number of fused-ring (bicyclic) bond motifs is 7. The Kier molecular flexibility index (Phi) is 4.83. The monoisotopic (exact) mass is 454 g/mol. The van der Waals surface area contributed by atoms with Gasteiger partial charge in [0, 0.05) is 11.8 Å². The second kappa shape index (κ2) is 6.76. The highest BCUT2D eigenvalue weighted by Crippen LogP contribution is 2.75. The van der Waals surface area contributed by atoms with E-state index in [1.54, 1.807) is 5.57 Å². The standard InChI is InChI=1S/C30H46O3/c1-25(2)21-10-13-30(7)22(28(21,5)12-11-23(25)31)9-8-19-20-18-27(4,24(32)33)15-14-26(20,3)16-17-29(19,30)6/h8,20-22H,9-18H2,1-7H3,(H,32,33)/t20-,21?,22-,26-,27?,28+,29-,30-/m1/s1. The van der Waals surface area contributed by atoms with E-state index >= 15 is 0 Å². The zero-order valence-corrected chi connectivity index (χ0v) is 22.1. The molecule has 0 amide bonds. The van der Waals surface area contributed by atoms with E-state index in [0.29, 0.717) is 23.5 Å². The molecule has 2 unspecified atom stereocenters. The van der Waals surface area contributed by atoms with Crippen LogP contribution in [-0.4, -0.2) is 16.9 Å². The third-order valence-electron chi connectivity index (χ3n) is 13.1. The number of Topliss-reactive ketones (excluding diaryl/α,β-unsaturated/α-hetero) is 1. The summed E-state index contributed by atoms with van der Waals surface area (Å²) >= 11 is 0. The van der Waals surface area contributed by atoms with E-state index in [4.69, 9.17) is 0 Å². The molecule has 0 aliphatic heterocycles. The van der Waals surface area contributed by atoms with Crippen molar-refractivity contribution in [2.75, 3.05) is 0 Å². The lowest BCUT2D eigenvalue weighted by molar-refractivity contribution is -0.185. The van der Waals surface area contributed by atoms with E-state index in [1.165, 1.54) is 19.3 Å². The van der Waals surface area contributed by atoms with Crippen molar-refractivity contribution in [1.29, 1.82) is 0 Å². The van der Waals surface area contributed by atoms with Crippen molar-refractivity contribution in [1.82, 2.24) is 0 Å². The molecule has 0 saturated heterocycles. The summed E-state index contributed by atoms with van der Waals surface area (Å²) in [6.45, 7) is 16.5. The summed E-state index contributed by atoms with van der Waals surface area (Å²) in [6.07, 6.45) is 12.9. The molecule has 0 spiro atoms. The lowest BCUT2D eigenvalue weighted by Crippen LogP contribution is -2.64. The molecule has 3 heteroatoms. The van der Waals surface area contributed by atoms with E-state index in [9.17, 15) is 14.7 Å². The predicted molar refractivity (Wildman–Crippen MR) is 132 cm³/mol. The number of carboxylic acids is 1. The number of rotatable bonds is 1. The summed E-state index contributed by atoms with van der Waals surface area (Å²) in [5.41, 5.74) is 1.60. The maximum atomic E-state index is 12.9. The zero-order valence-electron chi connectivity index (χ0n) is 22.1. The first-order valence-corrected chi connectivity index (χ1v) is 13.6. The van der Waals surface area contributed by atoms with Crippen LogP contribution < -0.4 is 0 Å². The Morgan fingerprint density at radius 3 is 2.24 bits per heavy atom. The van der Waals surface area contributed by atoms with Gasteiger partial charge in [0.1, 0.15) is 5.78 Å². The minimum absolute atomic E-state index is 0.135. The Bertz CT molecular complexity index is 931. The second-order valence-electron chi connectivity index (χ2n) is 14.7. The minimum Gasteiger partial charge on any atom is -0.481 e. The van der Waals surface area contributed by atoms with Crippen molar-refractivity contribution >= 4 is 11.8 Å². The van der Waals surface area contributed by atoms with Gasteiger partial charge in [0.2, 0.25) is 0 Å². The van der Waals surface area contributed by atoms with Crippen LogP contribution in [0.5, 0.6) is 0 Å². The molecular formula is C30H46O3. The Hall–Kier alpha value is -1.12. The summed E-state index contributed by atoms with van der Waals surface area (Å²) in [7, 11) is 0. The maximum Gasteiger partial charge on any atom is 0.309 e. The van der Waals surface area contributed by atoms with E-state index < -0.39 is 11.4 Å². The van der Waals surface area contributed by atoms with Gasteiger partial charge in [-0.3, -0.25) is 9.59 Å². The predicted octanol–water partition coefficient (Wildman–Crippen LogP) is 7.44. The fourth-order valence-electron chi connectivity index (χ4n) is 10.3. The molecule has 5 aliphatic rings. The molecule has 184 valence electrons. The van der Waals surface area contributed by atoms with Crippen LogP contribution in [0.15, 0.2) is 11.6 Å². The molecule has 0 aromatic carbocycles. The normalized spacial score (nSPS) is 53.1. The SMILES string of the molecule is CC1(C(=O)O)CC[C@]2(C)CC[C@]3(C)C(=CC[C@@H]4[C@@]5(C)CCC(=O)C(C)(C)C5CC[C@]43C)[C@H]2C1. The van der Waals surface area contributed by atoms with Gasteiger partial charge in [-0.05, 0) is 104 Å². The summed E-state index contributed by atoms with van der Waals surface area (Å²) in [5.74, 6) is 1.32. The quantitative estimate of drug-likeness (QED) is 0.419. The molecule has 8 atom stereocenters. The number of carbonyl (C=O) groups excluding carboxylic acids is 1. The molecule has 3 nitrogen and oxygen atoms in total. The highest BCUT2D eigenvalue weighted by Gasteiger charge is 2.68. The number of allylic oxidation sites excluding steroid dienone is 2. The van der Waals surface area contributed by atoms with Crippen molar-refractivity contribution in [3.05, 3.63) is 11.6 Å². The van der Waals surface area contributed by atoms with Crippen molar-refractivity contribution in [3.8, 4) is 0 Å². The minimum atomic E-state index is -0.612. The fraction of sp³-hybridized carbons (Fsp3) is 0.867. The van der Waals surface area contributed by atoms with Crippen LogP contribution in [0.2, 0.25) is 0 Å². The largest absolute Gasteiger partial charge is 0.481 e. The number of aliphatic carboxylic acids is 1. The van der Waals surface area contributed by atoms with Crippen LogP contribution >= 0.6 is 0 Å².